The van der Waals surface area contributed by atoms with Crippen LogP contribution >= 0.6 is 0 Å². The van der Waals surface area contributed by atoms with Crippen molar-refractivity contribution in [2.45, 2.75) is 25.4 Å². The van der Waals surface area contributed by atoms with E-state index in [1.807, 2.05) is 12.1 Å². The number of hydrogen-bond donors (Lipinski definition) is 2. The number of aromatic nitrogens is 1. The summed E-state index contributed by atoms with van der Waals surface area (Å²) in [5, 5.41) is 5.51. The minimum absolute atomic E-state index is 0.282. The number of amides is 1. The lowest BCUT2D eigenvalue weighted by Gasteiger charge is -2.08. The summed E-state index contributed by atoms with van der Waals surface area (Å²) in [4.78, 5) is 15.5. The van der Waals surface area contributed by atoms with Crippen LogP contribution in [0.15, 0.2) is 41.0 Å². The molecule has 0 saturated heterocycles. The Hall–Kier alpha value is -2.77. The highest BCUT2D eigenvalue weighted by molar-refractivity contribution is 5.91. The number of pyridine rings is 1. The zero-order chi connectivity index (χ0) is 19.4. The van der Waals surface area contributed by atoms with Crippen molar-refractivity contribution in [1.29, 1.82) is 0 Å². The minimum Gasteiger partial charge on any atom is -0.461 e. The van der Waals surface area contributed by atoms with Crippen molar-refractivity contribution < 1.29 is 22.4 Å². The molecule has 3 rings (SSSR count). The summed E-state index contributed by atoms with van der Waals surface area (Å²) >= 11 is 0. The molecule has 1 saturated carbocycles. The molecule has 1 aliphatic rings. The molecule has 2 atom stereocenters. The summed E-state index contributed by atoms with van der Waals surface area (Å²) in [6, 6.07) is 5.98. The van der Waals surface area contributed by atoms with E-state index in [9.17, 15) is 18.0 Å². The van der Waals surface area contributed by atoms with Crippen LogP contribution in [0.3, 0.4) is 0 Å². The first kappa shape index (κ1) is 19.0. The summed E-state index contributed by atoms with van der Waals surface area (Å²) in [6.07, 6.45) is 0.491. The Bertz CT molecular complexity index is 812. The number of hydrogen-bond acceptors (Lipinski definition) is 4. The van der Waals surface area contributed by atoms with Gasteiger partial charge < -0.3 is 15.1 Å². The van der Waals surface area contributed by atoms with E-state index < -0.39 is 11.7 Å². The Kier molecular flexibility index (Phi) is 5.53. The van der Waals surface area contributed by atoms with E-state index >= 15 is 0 Å². The van der Waals surface area contributed by atoms with E-state index in [4.69, 9.17) is 4.42 Å². The van der Waals surface area contributed by atoms with Gasteiger partial charge in [-0.2, -0.15) is 13.2 Å². The number of alkyl halides is 3. The fraction of sp³-hybridized carbons (Fsp3) is 0.368. The number of carbonyl (C=O) groups excluding carboxylic acids is 1. The van der Waals surface area contributed by atoms with Gasteiger partial charge in [-0.1, -0.05) is 6.92 Å². The van der Waals surface area contributed by atoms with Gasteiger partial charge in [-0.15, -0.1) is 0 Å². The summed E-state index contributed by atoms with van der Waals surface area (Å²) in [6.45, 7) is 2.81. The van der Waals surface area contributed by atoms with Crippen LogP contribution in [0.5, 0.6) is 0 Å². The van der Waals surface area contributed by atoms with Gasteiger partial charge in [-0.3, -0.25) is 4.79 Å². The topological polar surface area (TPSA) is 67.2 Å². The monoisotopic (exact) mass is 379 g/mol. The predicted octanol–water partition coefficient (Wildman–Crippen LogP) is 4.06. The van der Waals surface area contributed by atoms with Gasteiger partial charge in [0.15, 0.2) is 0 Å². The quantitative estimate of drug-likeness (QED) is 0.562. The number of nitrogens with zero attached hydrogens (tertiary/aromatic N) is 1. The molecule has 8 heteroatoms. The maximum absolute atomic E-state index is 12.5. The van der Waals surface area contributed by atoms with Crippen molar-refractivity contribution in [3.05, 3.63) is 53.6 Å². The fourth-order valence-corrected chi connectivity index (χ4v) is 2.63. The lowest BCUT2D eigenvalue weighted by atomic mass is 10.3. The number of anilines is 1. The maximum atomic E-state index is 12.5. The van der Waals surface area contributed by atoms with Crippen molar-refractivity contribution in [3.63, 3.8) is 0 Å². The number of halogens is 3. The molecular weight excluding hydrogens is 359 g/mol. The van der Waals surface area contributed by atoms with Crippen LogP contribution in [0.25, 0.3) is 6.08 Å². The van der Waals surface area contributed by atoms with Crippen molar-refractivity contribution in [2.75, 3.05) is 18.4 Å². The fourth-order valence-electron chi connectivity index (χ4n) is 2.63. The molecule has 2 aromatic rings. The first-order valence-electron chi connectivity index (χ1n) is 8.65. The van der Waals surface area contributed by atoms with E-state index in [2.05, 4.69) is 22.5 Å². The van der Waals surface area contributed by atoms with Crippen LogP contribution in [0, 0.1) is 5.92 Å². The molecule has 144 valence electrons. The van der Waals surface area contributed by atoms with Crippen LogP contribution < -0.4 is 10.6 Å². The molecule has 0 aliphatic heterocycles. The molecule has 1 aliphatic carbocycles. The molecule has 2 N–H and O–H groups in total. The second kappa shape index (κ2) is 7.85. The summed E-state index contributed by atoms with van der Waals surface area (Å²) in [5.41, 5.74) is -0.802. The van der Waals surface area contributed by atoms with Crippen LogP contribution in [0.1, 0.15) is 36.3 Å². The van der Waals surface area contributed by atoms with E-state index in [-0.39, 0.29) is 5.91 Å². The van der Waals surface area contributed by atoms with Crippen LogP contribution in [0.2, 0.25) is 0 Å². The molecule has 0 unspecified atom stereocenters. The van der Waals surface area contributed by atoms with Crippen molar-refractivity contribution in [2.24, 2.45) is 5.92 Å². The second-order valence-corrected chi connectivity index (χ2v) is 6.54. The van der Waals surface area contributed by atoms with E-state index in [0.29, 0.717) is 36.5 Å². The van der Waals surface area contributed by atoms with E-state index in [1.165, 1.54) is 12.1 Å². The Balaban J connectivity index is 1.37. The molecule has 0 radical (unpaired) electrons. The Labute approximate surface area is 154 Å². The molecule has 27 heavy (non-hydrogen) atoms. The highest BCUT2D eigenvalue weighted by Gasteiger charge is 2.36. The molecule has 0 spiro atoms. The highest BCUT2D eigenvalue weighted by Crippen LogP contribution is 2.47. The zero-order valence-corrected chi connectivity index (χ0v) is 14.7. The lowest BCUT2D eigenvalue weighted by molar-refractivity contribution is -0.137. The lowest BCUT2D eigenvalue weighted by Crippen LogP contribution is -2.27. The van der Waals surface area contributed by atoms with Gasteiger partial charge >= 0.3 is 6.18 Å². The molecule has 0 aromatic carbocycles. The van der Waals surface area contributed by atoms with Gasteiger partial charge in [0.05, 0.1) is 5.56 Å². The number of carbonyl (C=O) groups is 1. The average molecular weight is 379 g/mol. The molecule has 5 nitrogen and oxygen atoms in total. The smallest absolute Gasteiger partial charge is 0.417 e. The minimum atomic E-state index is -4.41. The first-order chi connectivity index (χ1) is 12.8. The first-order valence-corrected chi connectivity index (χ1v) is 8.65. The van der Waals surface area contributed by atoms with Gasteiger partial charge in [0.2, 0.25) is 5.91 Å². The third-order valence-electron chi connectivity index (χ3n) is 4.34. The Morgan fingerprint density at radius 2 is 2.07 bits per heavy atom. The van der Waals surface area contributed by atoms with E-state index in [1.54, 1.807) is 6.08 Å². The third-order valence-corrected chi connectivity index (χ3v) is 4.34. The average Bonchev–Trinajstić information content (AvgIpc) is 3.17. The van der Waals surface area contributed by atoms with Gasteiger partial charge in [-0.05, 0) is 42.7 Å². The molecule has 0 bridgehead atoms. The standard InChI is InChI=1S/C19H20F3N3O2/c1-12-10-15(12)16-5-3-14(27-16)4-7-18(26)24-9-8-23-17-6-2-13(11-25-17)19(20,21)22/h2-7,11-12,15H,8-10H2,1H3,(H,23,25)(H,24,26)/b7-4+/t12-,15-/m1/s1. The summed E-state index contributed by atoms with van der Waals surface area (Å²) in [7, 11) is 0. The molecule has 1 fully saturated rings. The normalized spacial score (nSPS) is 19.3. The van der Waals surface area contributed by atoms with Crippen molar-refractivity contribution >= 4 is 17.8 Å². The van der Waals surface area contributed by atoms with Crippen LogP contribution in [-0.4, -0.2) is 24.0 Å². The van der Waals surface area contributed by atoms with Gasteiger partial charge in [-0.25, -0.2) is 4.98 Å². The van der Waals surface area contributed by atoms with Crippen molar-refractivity contribution in [3.8, 4) is 0 Å². The maximum Gasteiger partial charge on any atom is 0.417 e. The number of rotatable bonds is 7. The highest BCUT2D eigenvalue weighted by atomic mass is 19.4. The number of nitrogens with one attached hydrogen (secondary N) is 2. The van der Waals surface area contributed by atoms with Gasteiger partial charge in [0.1, 0.15) is 17.3 Å². The van der Waals surface area contributed by atoms with Crippen LogP contribution in [0.4, 0.5) is 19.0 Å². The molecule has 2 aromatic heterocycles. The largest absolute Gasteiger partial charge is 0.461 e. The van der Waals surface area contributed by atoms with E-state index in [0.717, 1.165) is 24.4 Å². The molecule has 1 amide bonds. The molecular formula is C19H20F3N3O2. The van der Waals surface area contributed by atoms with Gasteiger partial charge in [0.25, 0.3) is 0 Å². The second-order valence-electron chi connectivity index (χ2n) is 6.54. The van der Waals surface area contributed by atoms with Crippen LogP contribution in [-0.2, 0) is 11.0 Å². The van der Waals surface area contributed by atoms with Gasteiger partial charge in [0, 0.05) is 31.3 Å². The predicted molar refractivity (Wildman–Crippen MR) is 95.0 cm³/mol. The number of furan rings is 1. The Morgan fingerprint density at radius 3 is 2.70 bits per heavy atom. The van der Waals surface area contributed by atoms with Crippen molar-refractivity contribution in [1.82, 2.24) is 10.3 Å². The SMILES string of the molecule is C[C@@H]1C[C@H]1c1ccc(/C=C/C(=O)NCCNc2ccc(C(F)(F)F)cn2)o1. The summed E-state index contributed by atoms with van der Waals surface area (Å²) < 4.78 is 43.0. The summed E-state index contributed by atoms with van der Waals surface area (Å²) in [5.74, 6) is 2.76. The Morgan fingerprint density at radius 1 is 1.30 bits per heavy atom. The molecule has 2 heterocycles. The third kappa shape index (κ3) is 5.35. The zero-order valence-electron chi connectivity index (χ0n) is 14.7.